The molecule has 9 heteroatoms. The van der Waals surface area contributed by atoms with E-state index in [1.54, 1.807) is 0 Å². The highest BCUT2D eigenvalue weighted by Crippen LogP contribution is 2.23. The molecule has 0 spiro atoms. The number of anilines is 2. The first kappa shape index (κ1) is 25.5. The van der Waals surface area contributed by atoms with Gasteiger partial charge >= 0.3 is 5.69 Å². The largest absolute Gasteiger partial charge is 0.383 e. The smallest absolute Gasteiger partial charge is 0.330 e. The summed E-state index contributed by atoms with van der Waals surface area (Å²) in [4.78, 5) is 54.5. The number of aromatic nitrogens is 2. The van der Waals surface area contributed by atoms with E-state index in [1.807, 2.05) is 67.6 Å². The molecule has 2 amide bonds. The zero-order valence-corrected chi connectivity index (χ0v) is 20.0. The lowest BCUT2D eigenvalue weighted by Gasteiger charge is -2.27. The van der Waals surface area contributed by atoms with Crippen LogP contribution < -0.4 is 27.2 Å². The summed E-state index contributed by atoms with van der Waals surface area (Å²) in [7, 11) is 0. The molecule has 0 aliphatic heterocycles. The van der Waals surface area contributed by atoms with Gasteiger partial charge in [0, 0.05) is 13.5 Å². The van der Waals surface area contributed by atoms with Crippen LogP contribution in [0.25, 0.3) is 0 Å². The number of unbranched alkanes of at least 4 members (excludes halogenated alkanes) is 1. The number of nitrogen functional groups attached to an aromatic ring is 1. The number of hydrogen-bond acceptors (Lipinski definition) is 5. The standard InChI is InChI=1S/C26H31N5O4/c1-3-4-15-30(22(33)16-21(28-18(2)32)20-13-9-6-10-14-20)23-24(27)31(26(35)29-25(23)34)17-19-11-7-5-8-12-19/h5-14,21H,3-4,15-17,27H2,1-2H3,(H,28,32)(H,29,34,35). The third-order valence-corrected chi connectivity index (χ3v) is 5.66. The molecular weight excluding hydrogens is 446 g/mol. The maximum absolute atomic E-state index is 13.6. The van der Waals surface area contributed by atoms with Crippen LogP contribution in [-0.2, 0) is 16.1 Å². The van der Waals surface area contributed by atoms with Crippen molar-refractivity contribution in [2.75, 3.05) is 17.2 Å². The van der Waals surface area contributed by atoms with E-state index in [-0.39, 0.29) is 42.8 Å². The molecule has 0 fully saturated rings. The lowest BCUT2D eigenvalue weighted by molar-refractivity contribution is -0.121. The molecule has 0 aliphatic carbocycles. The van der Waals surface area contributed by atoms with Crippen LogP contribution in [0.2, 0.25) is 0 Å². The van der Waals surface area contributed by atoms with Gasteiger partial charge in [0.1, 0.15) is 5.82 Å². The lowest BCUT2D eigenvalue weighted by Crippen LogP contribution is -2.43. The summed E-state index contributed by atoms with van der Waals surface area (Å²) in [5, 5.41) is 2.81. The van der Waals surface area contributed by atoms with Crippen LogP contribution in [0, 0.1) is 0 Å². The van der Waals surface area contributed by atoms with Gasteiger partial charge in [-0.05, 0) is 17.5 Å². The van der Waals surface area contributed by atoms with Gasteiger partial charge in [0.05, 0.1) is 19.0 Å². The topological polar surface area (TPSA) is 130 Å². The number of benzene rings is 2. The number of carbonyl (C=O) groups excluding carboxylic acids is 2. The number of nitrogens with two attached hydrogens (primary N) is 1. The predicted molar refractivity (Wildman–Crippen MR) is 136 cm³/mol. The van der Waals surface area contributed by atoms with Gasteiger partial charge in [-0.15, -0.1) is 0 Å². The Morgan fingerprint density at radius 2 is 1.69 bits per heavy atom. The Bertz CT molecular complexity index is 1270. The van der Waals surface area contributed by atoms with Crippen molar-refractivity contribution in [1.82, 2.24) is 14.9 Å². The third-order valence-electron chi connectivity index (χ3n) is 5.66. The van der Waals surface area contributed by atoms with Crippen molar-refractivity contribution in [2.24, 2.45) is 0 Å². The molecule has 3 aromatic rings. The first-order valence-electron chi connectivity index (χ1n) is 11.6. The number of amides is 2. The number of nitrogens with one attached hydrogen (secondary N) is 2. The first-order chi connectivity index (χ1) is 16.8. The number of H-pyrrole nitrogens is 1. The van der Waals surface area contributed by atoms with Crippen molar-refractivity contribution in [3.8, 4) is 0 Å². The van der Waals surface area contributed by atoms with Gasteiger partial charge in [-0.25, -0.2) is 4.79 Å². The number of aromatic amines is 1. The molecule has 35 heavy (non-hydrogen) atoms. The van der Waals surface area contributed by atoms with Crippen LogP contribution in [0.4, 0.5) is 11.5 Å². The summed E-state index contributed by atoms with van der Waals surface area (Å²) in [5.41, 5.74) is 6.50. The number of carbonyl (C=O) groups is 2. The lowest BCUT2D eigenvalue weighted by atomic mass is 10.0. The third kappa shape index (κ3) is 6.47. The van der Waals surface area contributed by atoms with Gasteiger partial charge in [0.15, 0.2) is 5.69 Å². The summed E-state index contributed by atoms with van der Waals surface area (Å²) in [5.74, 6) is -0.744. The molecule has 1 unspecified atom stereocenters. The van der Waals surface area contributed by atoms with E-state index in [2.05, 4.69) is 10.3 Å². The summed E-state index contributed by atoms with van der Waals surface area (Å²) < 4.78 is 1.25. The Hall–Kier alpha value is -4.14. The highest BCUT2D eigenvalue weighted by molar-refractivity contribution is 5.96. The van der Waals surface area contributed by atoms with Gasteiger partial charge in [-0.3, -0.25) is 23.9 Å². The highest BCUT2D eigenvalue weighted by atomic mass is 16.2. The predicted octanol–water partition coefficient (Wildman–Crippen LogP) is 2.57. The maximum Gasteiger partial charge on any atom is 0.330 e. The molecule has 4 N–H and O–H groups in total. The van der Waals surface area contributed by atoms with E-state index < -0.39 is 17.3 Å². The van der Waals surface area contributed by atoms with Crippen molar-refractivity contribution in [3.63, 3.8) is 0 Å². The van der Waals surface area contributed by atoms with E-state index in [9.17, 15) is 19.2 Å². The summed E-state index contributed by atoms with van der Waals surface area (Å²) in [6, 6.07) is 17.8. The molecule has 0 radical (unpaired) electrons. The highest BCUT2D eigenvalue weighted by Gasteiger charge is 2.27. The zero-order valence-electron chi connectivity index (χ0n) is 20.0. The average Bonchev–Trinajstić information content (AvgIpc) is 2.84. The Labute approximate surface area is 203 Å². The fourth-order valence-electron chi connectivity index (χ4n) is 3.91. The van der Waals surface area contributed by atoms with E-state index in [4.69, 9.17) is 5.73 Å². The SMILES string of the molecule is CCCCN(C(=O)CC(NC(C)=O)c1ccccc1)c1c(N)n(Cc2ccccc2)c(=O)[nH]c1=O. The molecule has 2 aromatic carbocycles. The number of rotatable bonds is 10. The Kier molecular flexibility index (Phi) is 8.61. The second-order valence-electron chi connectivity index (χ2n) is 8.33. The second-order valence-corrected chi connectivity index (χ2v) is 8.33. The quantitative estimate of drug-likeness (QED) is 0.413. The van der Waals surface area contributed by atoms with Crippen LogP contribution in [0.1, 0.15) is 50.3 Å². The fraction of sp³-hybridized carbons (Fsp3) is 0.308. The van der Waals surface area contributed by atoms with Gasteiger partial charge in [0.2, 0.25) is 11.8 Å². The molecule has 0 aliphatic rings. The minimum Gasteiger partial charge on any atom is -0.383 e. The molecule has 0 saturated carbocycles. The van der Waals surface area contributed by atoms with Crippen molar-refractivity contribution < 1.29 is 9.59 Å². The van der Waals surface area contributed by atoms with Crippen LogP contribution in [0.5, 0.6) is 0 Å². The van der Waals surface area contributed by atoms with Crippen molar-refractivity contribution in [1.29, 1.82) is 0 Å². The van der Waals surface area contributed by atoms with E-state index in [0.717, 1.165) is 17.5 Å². The normalized spacial score (nSPS) is 11.6. The molecule has 3 rings (SSSR count). The monoisotopic (exact) mass is 477 g/mol. The molecule has 184 valence electrons. The van der Waals surface area contributed by atoms with Gasteiger partial charge < -0.3 is 16.0 Å². The Morgan fingerprint density at radius 1 is 1.06 bits per heavy atom. The van der Waals surface area contributed by atoms with Gasteiger partial charge in [0.25, 0.3) is 5.56 Å². The molecular formula is C26H31N5O4. The summed E-state index contributed by atoms with van der Waals surface area (Å²) >= 11 is 0. The molecule has 1 atom stereocenters. The maximum atomic E-state index is 13.6. The van der Waals surface area contributed by atoms with Crippen LogP contribution in [-0.4, -0.2) is 27.9 Å². The van der Waals surface area contributed by atoms with Crippen molar-refractivity contribution in [3.05, 3.63) is 92.6 Å². The van der Waals surface area contributed by atoms with Crippen LogP contribution >= 0.6 is 0 Å². The second kappa shape index (κ2) is 11.8. The Morgan fingerprint density at radius 3 is 2.29 bits per heavy atom. The first-order valence-corrected chi connectivity index (χ1v) is 11.6. The Balaban J connectivity index is 2.01. The van der Waals surface area contributed by atoms with Crippen molar-refractivity contribution >= 4 is 23.3 Å². The molecule has 1 heterocycles. The van der Waals surface area contributed by atoms with E-state index in [0.29, 0.717) is 6.42 Å². The van der Waals surface area contributed by atoms with Crippen LogP contribution in [0.3, 0.4) is 0 Å². The van der Waals surface area contributed by atoms with E-state index >= 15 is 0 Å². The minimum absolute atomic E-state index is 0.0615. The zero-order chi connectivity index (χ0) is 25.4. The molecule has 0 saturated heterocycles. The summed E-state index contributed by atoms with van der Waals surface area (Å²) in [6.07, 6.45) is 1.32. The number of nitrogens with zero attached hydrogens (tertiary/aromatic N) is 2. The molecule has 0 bridgehead atoms. The minimum atomic E-state index is -0.725. The average molecular weight is 478 g/mol. The van der Waals surface area contributed by atoms with Gasteiger partial charge in [-0.2, -0.15) is 0 Å². The number of hydrogen-bond donors (Lipinski definition) is 3. The molecule has 9 nitrogen and oxygen atoms in total. The summed E-state index contributed by atoms with van der Waals surface area (Å²) in [6.45, 7) is 3.74. The van der Waals surface area contributed by atoms with E-state index in [1.165, 1.54) is 16.4 Å². The molecule has 1 aromatic heterocycles. The van der Waals surface area contributed by atoms with Gasteiger partial charge in [-0.1, -0.05) is 74.0 Å². The fourth-order valence-corrected chi connectivity index (χ4v) is 3.91. The van der Waals surface area contributed by atoms with Crippen LogP contribution in [0.15, 0.2) is 70.3 Å². The van der Waals surface area contributed by atoms with Crippen molar-refractivity contribution in [2.45, 2.75) is 45.7 Å².